The van der Waals surface area contributed by atoms with Gasteiger partial charge in [0.05, 0.1) is 10.9 Å². The van der Waals surface area contributed by atoms with Crippen molar-refractivity contribution in [1.29, 1.82) is 0 Å². The number of alkyl halides is 3. The van der Waals surface area contributed by atoms with Crippen LogP contribution in [-0.2, 0) is 0 Å². The van der Waals surface area contributed by atoms with Crippen LogP contribution in [-0.4, -0.2) is 16.3 Å². The van der Waals surface area contributed by atoms with Crippen molar-refractivity contribution < 1.29 is 17.9 Å². The fraction of sp³-hybridized carbons (Fsp3) is 0.200. The van der Waals surface area contributed by atoms with Gasteiger partial charge < -0.3 is 9.72 Å². The molecule has 7 heteroatoms. The van der Waals surface area contributed by atoms with Gasteiger partial charge in [-0.05, 0) is 25.1 Å². The lowest BCUT2D eigenvalue weighted by molar-refractivity contribution is -0.274. The molecular formula is C10H7F3N2O2. The summed E-state index contributed by atoms with van der Waals surface area (Å²) in [4.78, 5) is 17.9. The van der Waals surface area contributed by atoms with Gasteiger partial charge in [0.15, 0.2) is 0 Å². The topological polar surface area (TPSA) is 55.0 Å². The smallest absolute Gasteiger partial charge is 0.406 e. The number of aryl methyl sites for hydroxylation is 1. The molecule has 0 radical (unpaired) electrons. The number of halogens is 3. The van der Waals surface area contributed by atoms with Gasteiger partial charge >= 0.3 is 6.36 Å². The van der Waals surface area contributed by atoms with Crippen LogP contribution in [0.5, 0.6) is 5.75 Å². The van der Waals surface area contributed by atoms with Crippen molar-refractivity contribution in [2.75, 3.05) is 0 Å². The standard InChI is InChI=1S/C10H7F3N2O2/c1-5-14-8-3-2-6(17-10(11,12)13)4-7(8)9(16)15-5/h2-4H,1H3,(H,14,15,16). The maximum atomic E-state index is 12.0. The van der Waals surface area contributed by atoms with E-state index in [1.807, 2.05) is 0 Å². The Morgan fingerprint density at radius 2 is 2.06 bits per heavy atom. The molecule has 90 valence electrons. The number of hydrogen-bond donors (Lipinski definition) is 1. The van der Waals surface area contributed by atoms with E-state index in [1.54, 1.807) is 6.92 Å². The first-order valence-corrected chi connectivity index (χ1v) is 4.61. The molecule has 17 heavy (non-hydrogen) atoms. The van der Waals surface area contributed by atoms with Crippen molar-refractivity contribution in [3.63, 3.8) is 0 Å². The van der Waals surface area contributed by atoms with Gasteiger partial charge in [-0.1, -0.05) is 0 Å². The quantitative estimate of drug-likeness (QED) is 0.836. The van der Waals surface area contributed by atoms with E-state index in [0.29, 0.717) is 11.3 Å². The van der Waals surface area contributed by atoms with Gasteiger partial charge in [0.25, 0.3) is 5.56 Å². The minimum absolute atomic E-state index is 0.0531. The molecule has 0 fully saturated rings. The summed E-state index contributed by atoms with van der Waals surface area (Å²) >= 11 is 0. The zero-order chi connectivity index (χ0) is 12.6. The molecule has 4 nitrogen and oxygen atoms in total. The van der Waals surface area contributed by atoms with Crippen LogP contribution in [0.2, 0.25) is 0 Å². The van der Waals surface area contributed by atoms with E-state index in [9.17, 15) is 18.0 Å². The Balaban J connectivity index is 2.55. The normalized spacial score (nSPS) is 11.8. The van der Waals surface area contributed by atoms with Crippen LogP contribution in [0.1, 0.15) is 5.82 Å². The molecule has 1 heterocycles. The Kier molecular flexibility index (Phi) is 2.53. The molecule has 1 aromatic heterocycles. The Labute approximate surface area is 93.1 Å². The van der Waals surface area contributed by atoms with E-state index >= 15 is 0 Å². The van der Waals surface area contributed by atoms with E-state index in [0.717, 1.165) is 12.1 Å². The second-order valence-corrected chi connectivity index (χ2v) is 3.38. The molecule has 0 aliphatic rings. The number of aromatic nitrogens is 2. The van der Waals surface area contributed by atoms with Crippen LogP contribution in [0.3, 0.4) is 0 Å². The highest BCUT2D eigenvalue weighted by Crippen LogP contribution is 2.24. The SMILES string of the molecule is Cc1nc2ccc(OC(F)(F)F)cc2c(=O)[nH]1. The number of aromatic amines is 1. The Bertz CT molecular complexity index is 619. The molecule has 0 spiro atoms. The van der Waals surface area contributed by atoms with Crippen LogP contribution in [0.15, 0.2) is 23.0 Å². The summed E-state index contributed by atoms with van der Waals surface area (Å²) in [5.41, 5.74) is -0.180. The van der Waals surface area contributed by atoms with Gasteiger partial charge in [-0.2, -0.15) is 0 Å². The Morgan fingerprint density at radius 1 is 1.35 bits per heavy atom. The number of nitrogens with one attached hydrogen (secondary N) is 1. The van der Waals surface area contributed by atoms with Crippen molar-refractivity contribution in [2.24, 2.45) is 0 Å². The third-order valence-corrected chi connectivity index (χ3v) is 2.03. The molecule has 1 aromatic carbocycles. The summed E-state index contributed by atoms with van der Waals surface area (Å²) in [6.45, 7) is 1.58. The van der Waals surface area contributed by atoms with Crippen LogP contribution < -0.4 is 10.3 Å². The number of nitrogens with zero attached hydrogens (tertiary/aromatic N) is 1. The molecule has 0 aliphatic carbocycles. The van der Waals surface area contributed by atoms with Crippen molar-refractivity contribution in [3.05, 3.63) is 34.4 Å². The third-order valence-electron chi connectivity index (χ3n) is 2.03. The van der Waals surface area contributed by atoms with Gasteiger partial charge in [-0.25, -0.2) is 4.98 Å². The Hall–Kier alpha value is -2.05. The van der Waals surface area contributed by atoms with Crippen LogP contribution in [0, 0.1) is 6.92 Å². The first-order chi connectivity index (χ1) is 7.85. The van der Waals surface area contributed by atoms with Crippen molar-refractivity contribution >= 4 is 10.9 Å². The molecule has 0 bridgehead atoms. The second-order valence-electron chi connectivity index (χ2n) is 3.38. The highest BCUT2D eigenvalue weighted by molar-refractivity contribution is 5.79. The van der Waals surface area contributed by atoms with Crippen molar-refractivity contribution in [3.8, 4) is 5.75 Å². The Morgan fingerprint density at radius 3 is 2.71 bits per heavy atom. The van der Waals surface area contributed by atoms with Gasteiger partial charge in [-0.3, -0.25) is 4.79 Å². The van der Waals surface area contributed by atoms with E-state index in [1.165, 1.54) is 6.07 Å². The summed E-state index contributed by atoms with van der Waals surface area (Å²) in [5, 5.41) is 0.0531. The van der Waals surface area contributed by atoms with Gasteiger partial charge in [-0.15, -0.1) is 13.2 Å². The zero-order valence-corrected chi connectivity index (χ0v) is 8.63. The predicted octanol–water partition coefficient (Wildman–Crippen LogP) is 2.13. The van der Waals surface area contributed by atoms with Crippen LogP contribution in [0.25, 0.3) is 10.9 Å². The van der Waals surface area contributed by atoms with E-state index in [2.05, 4.69) is 14.7 Å². The third kappa shape index (κ3) is 2.55. The minimum atomic E-state index is -4.78. The predicted molar refractivity (Wildman–Crippen MR) is 53.8 cm³/mol. The highest BCUT2D eigenvalue weighted by atomic mass is 19.4. The summed E-state index contributed by atoms with van der Waals surface area (Å²) < 4.78 is 39.7. The molecule has 0 saturated heterocycles. The fourth-order valence-corrected chi connectivity index (χ4v) is 1.43. The van der Waals surface area contributed by atoms with Gasteiger partial charge in [0.1, 0.15) is 11.6 Å². The molecule has 0 amide bonds. The molecule has 0 unspecified atom stereocenters. The molecule has 0 saturated carbocycles. The monoisotopic (exact) mass is 244 g/mol. The minimum Gasteiger partial charge on any atom is -0.406 e. The fourth-order valence-electron chi connectivity index (χ4n) is 1.43. The number of hydrogen-bond acceptors (Lipinski definition) is 3. The summed E-state index contributed by atoms with van der Waals surface area (Å²) in [6.07, 6.45) is -4.78. The van der Waals surface area contributed by atoms with Crippen molar-refractivity contribution in [2.45, 2.75) is 13.3 Å². The first-order valence-electron chi connectivity index (χ1n) is 4.61. The summed E-state index contributed by atoms with van der Waals surface area (Å²) in [7, 11) is 0. The lowest BCUT2D eigenvalue weighted by Gasteiger charge is -2.08. The lowest BCUT2D eigenvalue weighted by atomic mass is 10.2. The molecule has 1 N–H and O–H groups in total. The average molecular weight is 244 g/mol. The number of H-pyrrole nitrogens is 1. The van der Waals surface area contributed by atoms with Crippen molar-refractivity contribution in [1.82, 2.24) is 9.97 Å². The maximum Gasteiger partial charge on any atom is 0.573 e. The second kappa shape index (κ2) is 3.76. The van der Waals surface area contributed by atoms with Gasteiger partial charge in [0, 0.05) is 0 Å². The first kappa shape index (κ1) is 11.4. The van der Waals surface area contributed by atoms with E-state index < -0.39 is 17.7 Å². The average Bonchev–Trinajstić information content (AvgIpc) is 2.16. The number of benzene rings is 1. The number of fused-ring (bicyclic) bond motifs is 1. The number of rotatable bonds is 1. The van der Waals surface area contributed by atoms with E-state index in [-0.39, 0.29) is 5.39 Å². The van der Waals surface area contributed by atoms with Crippen LogP contribution >= 0.6 is 0 Å². The molecule has 2 rings (SSSR count). The molecule has 0 atom stereocenters. The zero-order valence-electron chi connectivity index (χ0n) is 8.63. The largest absolute Gasteiger partial charge is 0.573 e. The maximum absolute atomic E-state index is 12.0. The van der Waals surface area contributed by atoms with E-state index in [4.69, 9.17) is 0 Å². The highest BCUT2D eigenvalue weighted by Gasteiger charge is 2.31. The molecule has 0 aliphatic heterocycles. The summed E-state index contributed by atoms with van der Waals surface area (Å²) in [6, 6.07) is 3.43. The number of ether oxygens (including phenoxy) is 1. The molecular weight excluding hydrogens is 237 g/mol. The van der Waals surface area contributed by atoms with Gasteiger partial charge in [0.2, 0.25) is 0 Å². The summed E-state index contributed by atoms with van der Waals surface area (Å²) in [5.74, 6) is -0.0480. The lowest BCUT2D eigenvalue weighted by Crippen LogP contribution is -2.17. The van der Waals surface area contributed by atoms with Crippen LogP contribution in [0.4, 0.5) is 13.2 Å². The molecule has 2 aromatic rings.